The predicted molar refractivity (Wildman–Crippen MR) is 107 cm³/mol. The van der Waals surface area contributed by atoms with Crippen LogP contribution in [0.3, 0.4) is 0 Å². The second kappa shape index (κ2) is 7.95. The van der Waals surface area contributed by atoms with E-state index in [9.17, 15) is 9.18 Å². The molecule has 0 unspecified atom stereocenters. The third kappa shape index (κ3) is 3.97. The van der Waals surface area contributed by atoms with Gasteiger partial charge in [-0.05, 0) is 35.9 Å². The second-order valence-electron chi connectivity index (χ2n) is 5.88. The highest BCUT2D eigenvalue weighted by atomic mass is 35.5. The van der Waals surface area contributed by atoms with Gasteiger partial charge in [-0.3, -0.25) is 9.89 Å². The molecule has 140 valence electrons. The van der Waals surface area contributed by atoms with Gasteiger partial charge in [-0.25, -0.2) is 14.4 Å². The van der Waals surface area contributed by atoms with Gasteiger partial charge in [-0.1, -0.05) is 23.7 Å². The molecular weight excluding hydrogens is 401 g/mol. The quantitative estimate of drug-likeness (QED) is 0.366. The maximum Gasteiger partial charge on any atom is 0.255 e. The van der Waals surface area contributed by atoms with Crippen molar-refractivity contribution in [2.45, 2.75) is 10.8 Å². The van der Waals surface area contributed by atoms with E-state index < -0.39 is 5.82 Å². The number of fused-ring (bicyclic) bond motifs is 1. The molecule has 0 radical (unpaired) electrons. The number of nitrogens with zero attached hydrogens (tertiary/aromatic N) is 3. The van der Waals surface area contributed by atoms with E-state index in [1.165, 1.54) is 24.5 Å². The number of amides is 1. The Bertz CT molecular complexity index is 1170. The molecule has 0 aliphatic carbocycles. The van der Waals surface area contributed by atoms with Gasteiger partial charge in [0.15, 0.2) is 5.65 Å². The molecule has 0 aliphatic rings. The van der Waals surface area contributed by atoms with Gasteiger partial charge in [0, 0.05) is 17.0 Å². The molecule has 0 bridgehead atoms. The Labute approximate surface area is 168 Å². The zero-order chi connectivity index (χ0) is 19.5. The van der Waals surface area contributed by atoms with Crippen molar-refractivity contribution in [2.24, 2.45) is 0 Å². The average Bonchev–Trinajstić information content (AvgIpc) is 3.18. The van der Waals surface area contributed by atoms with Crippen LogP contribution in [-0.2, 0) is 5.75 Å². The van der Waals surface area contributed by atoms with Crippen LogP contribution < -0.4 is 5.32 Å². The van der Waals surface area contributed by atoms with Crippen LogP contribution in [0.5, 0.6) is 0 Å². The van der Waals surface area contributed by atoms with Gasteiger partial charge in [0.1, 0.15) is 17.2 Å². The molecule has 0 saturated heterocycles. The number of hydrogen-bond acceptors (Lipinski definition) is 5. The minimum atomic E-state index is -0.561. The molecule has 4 rings (SSSR count). The topological polar surface area (TPSA) is 83.6 Å². The van der Waals surface area contributed by atoms with Crippen LogP contribution >= 0.6 is 23.4 Å². The van der Waals surface area contributed by atoms with E-state index >= 15 is 0 Å². The van der Waals surface area contributed by atoms with Crippen LogP contribution in [0.2, 0.25) is 5.02 Å². The standard InChI is InChI=1S/C19H13ClFN5OS/c20-15-7-12(4-5-16(15)21)18(27)25-13-3-1-2-11(6-13)9-28-19-14-8-24-26-17(14)22-10-23-19/h1-8,10H,9H2,(H,25,27)(H,22,23,24,26). The van der Waals surface area contributed by atoms with Crippen LogP contribution in [0.25, 0.3) is 11.0 Å². The molecule has 2 aromatic heterocycles. The van der Waals surface area contributed by atoms with Gasteiger partial charge in [-0.2, -0.15) is 5.10 Å². The molecule has 0 aliphatic heterocycles. The average molecular weight is 414 g/mol. The van der Waals surface area contributed by atoms with Crippen LogP contribution in [0.15, 0.2) is 60.0 Å². The van der Waals surface area contributed by atoms with Crippen LogP contribution in [0.4, 0.5) is 10.1 Å². The number of thioether (sulfide) groups is 1. The lowest BCUT2D eigenvalue weighted by Crippen LogP contribution is -2.12. The normalized spacial score (nSPS) is 10.9. The number of benzene rings is 2. The highest BCUT2D eigenvalue weighted by Gasteiger charge is 2.10. The van der Waals surface area contributed by atoms with Gasteiger partial charge in [-0.15, -0.1) is 11.8 Å². The number of carbonyl (C=O) groups is 1. The number of carbonyl (C=O) groups excluding carboxylic acids is 1. The summed E-state index contributed by atoms with van der Waals surface area (Å²) in [4.78, 5) is 20.8. The fourth-order valence-electron chi connectivity index (χ4n) is 2.59. The maximum absolute atomic E-state index is 13.3. The van der Waals surface area contributed by atoms with Gasteiger partial charge < -0.3 is 5.32 Å². The fraction of sp³-hybridized carbons (Fsp3) is 0.0526. The predicted octanol–water partition coefficient (Wildman–Crippen LogP) is 4.69. The van der Waals surface area contributed by atoms with Crippen molar-refractivity contribution in [2.75, 3.05) is 5.32 Å². The van der Waals surface area contributed by atoms with Crippen molar-refractivity contribution >= 4 is 46.0 Å². The molecule has 4 aromatic rings. The Morgan fingerprint density at radius 2 is 2.11 bits per heavy atom. The Morgan fingerprint density at radius 1 is 1.21 bits per heavy atom. The minimum absolute atomic E-state index is 0.0896. The molecule has 1 amide bonds. The second-order valence-corrected chi connectivity index (χ2v) is 7.25. The van der Waals surface area contributed by atoms with E-state index in [4.69, 9.17) is 11.6 Å². The first-order valence-electron chi connectivity index (χ1n) is 8.22. The molecular formula is C19H13ClFN5OS. The number of H-pyrrole nitrogens is 1. The highest BCUT2D eigenvalue weighted by Crippen LogP contribution is 2.27. The summed E-state index contributed by atoms with van der Waals surface area (Å²) in [7, 11) is 0. The first-order chi connectivity index (χ1) is 13.6. The molecule has 28 heavy (non-hydrogen) atoms. The third-order valence-corrected chi connectivity index (χ3v) is 5.32. The van der Waals surface area contributed by atoms with E-state index in [0.29, 0.717) is 17.1 Å². The number of anilines is 1. The summed E-state index contributed by atoms with van der Waals surface area (Å²) in [5, 5.41) is 11.2. The molecule has 2 N–H and O–H groups in total. The number of aromatic amines is 1. The molecule has 0 fully saturated rings. The summed E-state index contributed by atoms with van der Waals surface area (Å²) in [6, 6.07) is 11.4. The number of hydrogen-bond donors (Lipinski definition) is 2. The van der Waals surface area contributed by atoms with E-state index in [2.05, 4.69) is 25.5 Å². The summed E-state index contributed by atoms with van der Waals surface area (Å²) in [5.41, 5.74) is 2.63. The van der Waals surface area contributed by atoms with E-state index in [0.717, 1.165) is 16.0 Å². The van der Waals surface area contributed by atoms with Crippen molar-refractivity contribution in [3.8, 4) is 0 Å². The minimum Gasteiger partial charge on any atom is -0.322 e. The maximum atomic E-state index is 13.3. The Kier molecular flexibility index (Phi) is 5.23. The molecule has 0 saturated carbocycles. The van der Waals surface area contributed by atoms with Crippen molar-refractivity contribution < 1.29 is 9.18 Å². The van der Waals surface area contributed by atoms with Crippen LogP contribution in [0, 0.1) is 5.82 Å². The zero-order valence-electron chi connectivity index (χ0n) is 14.3. The SMILES string of the molecule is O=C(Nc1cccc(CSc2ncnc3[nH]ncc23)c1)c1ccc(F)c(Cl)c1. The van der Waals surface area contributed by atoms with Crippen LogP contribution in [0.1, 0.15) is 15.9 Å². The van der Waals surface area contributed by atoms with E-state index in [1.54, 1.807) is 24.0 Å². The van der Waals surface area contributed by atoms with Gasteiger partial charge in [0.25, 0.3) is 5.91 Å². The van der Waals surface area contributed by atoms with Gasteiger partial charge in [0.2, 0.25) is 0 Å². The molecule has 9 heteroatoms. The smallest absolute Gasteiger partial charge is 0.255 e. The number of rotatable bonds is 5. The molecule has 2 heterocycles. The summed E-state index contributed by atoms with van der Waals surface area (Å²) in [6.07, 6.45) is 3.19. The third-order valence-electron chi connectivity index (χ3n) is 3.95. The van der Waals surface area contributed by atoms with Crippen molar-refractivity contribution in [1.29, 1.82) is 0 Å². The van der Waals surface area contributed by atoms with E-state index in [-0.39, 0.29) is 16.5 Å². The largest absolute Gasteiger partial charge is 0.322 e. The van der Waals surface area contributed by atoms with Crippen LogP contribution in [-0.4, -0.2) is 26.1 Å². The lowest BCUT2D eigenvalue weighted by Gasteiger charge is -2.08. The lowest BCUT2D eigenvalue weighted by molar-refractivity contribution is 0.102. The van der Waals surface area contributed by atoms with E-state index in [1.807, 2.05) is 18.2 Å². The Morgan fingerprint density at radius 3 is 2.96 bits per heavy atom. The van der Waals surface area contributed by atoms with Gasteiger partial charge in [0.05, 0.1) is 16.6 Å². The Balaban J connectivity index is 1.46. The lowest BCUT2D eigenvalue weighted by atomic mass is 10.2. The number of halogens is 2. The summed E-state index contributed by atoms with van der Waals surface area (Å²) < 4.78 is 13.3. The first-order valence-corrected chi connectivity index (χ1v) is 9.59. The highest BCUT2D eigenvalue weighted by molar-refractivity contribution is 7.98. The fourth-order valence-corrected chi connectivity index (χ4v) is 3.68. The monoisotopic (exact) mass is 413 g/mol. The number of aromatic nitrogens is 4. The molecule has 0 spiro atoms. The molecule has 6 nitrogen and oxygen atoms in total. The van der Waals surface area contributed by atoms with Crippen molar-refractivity contribution in [1.82, 2.24) is 20.2 Å². The summed E-state index contributed by atoms with van der Waals surface area (Å²) in [5.74, 6) is -0.264. The molecule has 2 aromatic carbocycles. The molecule has 0 atom stereocenters. The zero-order valence-corrected chi connectivity index (χ0v) is 15.9. The first kappa shape index (κ1) is 18.4. The van der Waals surface area contributed by atoms with Gasteiger partial charge >= 0.3 is 0 Å². The Hall–Kier alpha value is -2.97. The van der Waals surface area contributed by atoms with Crippen molar-refractivity contribution in [3.05, 3.63) is 77.0 Å². The number of nitrogens with one attached hydrogen (secondary N) is 2. The summed E-state index contributed by atoms with van der Waals surface area (Å²) >= 11 is 7.30. The summed E-state index contributed by atoms with van der Waals surface area (Å²) in [6.45, 7) is 0. The van der Waals surface area contributed by atoms with Crippen molar-refractivity contribution in [3.63, 3.8) is 0 Å².